The van der Waals surface area contributed by atoms with Crippen LogP contribution in [0.15, 0.2) is 18.2 Å². The Morgan fingerprint density at radius 3 is 2.88 bits per heavy atom. The van der Waals surface area contributed by atoms with E-state index in [1.165, 1.54) is 6.07 Å². The van der Waals surface area contributed by atoms with Crippen LogP contribution in [-0.4, -0.2) is 40.4 Å². The number of ether oxygens (including phenoxy) is 1. The fraction of sp³-hybridized carbons (Fsp3) is 0.500. The standard InChI is InChI=1S/C12H17FN2O/c1-14-5-6-15(7-8-16-2)11-4-3-10(13)9-12(11)14/h3-4,9H,5-8H2,1-2H3. The summed E-state index contributed by atoms with van der Waals surface area (Å²) in [5.74, 6) is -0.181. The minimum absolute atomic E-state index is 0.181. The molecule has 1 heterocycles. The second-order valence-electron chi connectivity index (χ2n) is 4.03. The number of likely N-dealkylation sites (N-methyl/N-ethyl adjacent to an activating group) is 1. The van der Waals surface area contributed by atoms with Crippen molar-refractivity contribution in [3.05, 3.63) is 24.0 Å². The topological polar surface area (TPSA) is 15.7 Å². The smallest absolute Gasteiger partial charge is 0.125 e. The Labute approximate surface area is 95.4 Å². The van der Waals surface area contributed by atoms with Gasteiger partial charge >= 0.3 is 0 Å². The van der Waals surface area contributed by atoms with Gasteiger partial charge in [0, 0.05) is 33.8 Å². The van der Waals surface area contributed by atoms with Gasteiger partial charge in [-0.3, -0.25) is 0 Å². The van der Waals surface area contributed by atoms with E-state index in [1.807, 2.05) is 13.1 Å². The Balaban J connectivity index is 2.25. The van der Waals surface area contributed by atoms with Gasteiger partial charge in [0.05, 0.1) is 18.0 Å². The molecule has 0 spiro atoms. The molecule has 16 heavy (non-hydrogen) atoms. The maximum atomic E-state index is 13.2. The molecule has 0 aliphatic carbocycles. The summed E-state index contributed by atoms with van der Waals surface area (Å²) in [6.07, 6.45) is 0. The van der Waals surface area contributed by atoms with Crippen molar-refractivity contribution in [1.29, 1.82) is 0 Å². The minimum Gasteiger partial charge on any atom is -0.383 e. The Kier molecular flexibility index (Phi) is 3.29. The van der Waals surface area contributed by atoms with E-state index in [4.69, 9.17) is 4.74 Å². The molecule has 4 heteroatoms. The van der Waals surface area contributed by atoms with Crippen molar-refractivity contribution in [3.8, 4) is 0 Å². The summed E-state index contributed by atoms with van der Waals surface area (Å²) in [5, 5.41) is 0. The third-order valence-electron chi connectivity index (χ3n) is 2.96. The molecule has 0 amide bonds. The molecule has 0 bridgehead atoms. The largest absolute Gasteiger partial charge is 0.383 e. The van der Waals surface area contributed by atoms with E-state index < -0.39 is 0 Å². The van der Waals surface area contributed by atoms with Crippen LogP contribution in [0.3, 0.4) is 0 Å². The van der Waals surface area contributed by atoms with Crippen molar-refractivity contribution in [2.75, 3.05) is 50.2 Å². The average Bonchev–Trinajstić information content (AvgIpc) is 2.29. The number of benzene rings is 1. The van der Waals surface area contributed by atoms with E-state index in [2.05, 4.69) is 9.80 Å². The molecule has 3 nitrogen and oxygen atoms in total. The van der Waals surface area contributed by atoms with Crippen molar-refractivity contribution >= 4 is 11.4 Å². The van der Waals surface area contributed by atoms with Gasteiger partial charge in [0.25, 0.3) is 0 Å². The number of anilines is 2. The second-order valence-corrected chi connectivity index (χ2v) is 4.03. The van der Waals surface area contributed by atoms with Gasteiger partial charge in [-0.1, -0.05) is 0 Å². The lowest BCUT2D eigenvalue weighted by Gasteiger charge is -2.36. The first-order valence-electron chi connectivity index (χ1n) is 5.47. The summed E-state index contributed by atoms with van der Waals surface area (Å²) in [7, 11) is 3.69. The lowest BCUT2D eigenvalue weighted by Crippen LogP contribution is -2.40. The zero-order valence-electron chi connectivity index (χ0n) is 9.74. The molecule has 0 fully saturated rings. The fourth-order valence-electron chi connectivity index (χ4n) is 2.02. The first-order chi connectivity index (χ1) is 7.72. The second kappa shape index (κ2) is 4.70. The van der Waals surface area contributed by atoms with Gasteiger partial charge in [-0.2, -0.15) is 0 Å². The summed E-state index contributed by atoms with van der Waals surface area (Å²) in [6.45, 7) is 3.42. The average molecular weight is 224 g/mol. The Morgan fingerprint density at radius 1 is 1.31 bits per heavy atom. The molecule has 1 aliphatic rings. The molecule has 88 valence electrons. The van der Waals surface area contributed by atoms with E-state index in [-0.39, 0.29) is 5.82 Å². The number of hydrogen-bond acceptors (Lipinski definition) is 3. The first kappa shape index (κ1) is 11.2. The number of methoxy groups -OCH3 is 1. The van der Waals surface area contributed by atoms with Gasteiger partial charge in [0.1, 0.15) is 5.82 Å². The van der Waals surface area contributed by atoms with E-state index >= 15 is 0 Å². The van der Waals surface area contributed by atoms with Crippen molar-refractivity contribution in [3.63, 3.8) is 0 Å². The lowest BCUT2D eigenvalue weighted by atomic mass is 10.1. The van der Waals surface area contributed by atoms with Crippen LogP contribution in [-0.2, 0) is 4.74 Å². The van der Waals surface area contributed by atoms with Crippen LogP contribution in [0.1, 0.15) is 0 Å². The number of rotatable bonds is 3. The molecular formula is C12H17FN2O. The zero-order chi connectivity index (χ0) is 11.5. The van der Waals surface area contributed by atoms with E-state index in [9.17, 15) is 4.39 Å². The van der Waals surface area contributed by atoms with Gasteiger partial charge in [-0.05, 0) is 18.2 Å². The number of hydrogen-bond donors (Lipinski definition) is 0. The highest BCUT2D eigenvalue weighted by Gasteiger charge is 2.20. The summed E-state index contributed by atoms with van der Waals surface area (Å²) >= 11 is 0. The molecule has 0 unspecified atom stereocenters. The summed E-state index contributed by atoms with van der Waals surface area (Å²) in [5.41, 5.74) is 2.05. The van der Waals surface area contributed by atoms with Crippen molar-refractivity contribution < 1.29 is 9.13 Å². The highest BCUT2D eigenvalue weighted by atomic mass is 19.1. The third-order valence-corrected chi connectivity index (χ3v) is 2.96. The minimum atomic E-state index is -0.181. The number of halogens is 1. The highest BCUT2D eigenvalue weighted by Crippen LogP contribution is 2.32. The maximum Gasteiger partial charge on any atom is 0.125 e. The summed E-state index contributed by atoms with van der Waals surface area (Å²) in [4.78, 5) is 4.32. The fourth-order valence-corrected chi connectivity index (χ4v) is 2.02. The monoisotopic (exact) mass is 224 g/mol. The number of fused-ring (bicyclic) bond motifs is 1. The summed E-state index contributed by atoms with van der Waals surface area (Å²) < 4.78 is 18.3. The Morgan fingerprint density at radius 2 is 2.12 bits per heavy atom. The van der Waals surface area contributed by atoms with Gasteiger partial charge in [-0.15, -0.1) is 0 Å². The lowest BCUT2D eigenvalue weighted by molar-refractivity contribution is 0.205. The molecule has 1 aliphatic heterocycles. The van der Waals surface area contributed by atoms with E-state index in [1.54, 1.807) is 13.2 Å². The molecule has 0 N–H and O–H groups in total. The van der Waals surface area contributed by atoms with Gasteiger partial charge in [-0.25, -0.2) is 4.39 Å². The Bertz CT molecular complexity index is 370. The van der Waals surface area contributed by atoms with Gasteiger partial charge < -0.3 is 14.5 Å². The molecular weight excluding hydrogens is 207 g/mol. The zero-order valence-corrected chi connectivity index (χ0v) is 9.74. The maximum absolute atomic E-state index is 13.2. The van der Waals surface area contributed by atoms with E-state index in [0.29, 0.717) is 6.61 Å². The van der Waals surface area contributed by atoms with Crippen LogP contribution in [0.4, 0.5) is 15.8 Å². The quantitative estimate of drug-likeness (QED) is 0.777. The van der Waals surface area contributed by atoms with Crippen molar-refractivity contribution in [2.24, 2.45) is 0 Å². The van der Waals surface area contributed by atoms with Crippen molar-refractivity contribution in [1.82, 2.24) is 0 Å². The first-order valence-corrected chi connectivity index (χ1v) is 5.47. The van der Waals surface area contributed by atoms with Gasteiger partial charge in [0.15, 0.2) is 0 Å². The molecule has 0 aromatic heterocycles. The Hall–Kier alpha value is -1.29. The SMILES string of the molecule is COCCN1CCN(C)c2cc(F)ccc21. The highest BCUT2D eigenvalue weighted by molar-refractivity contribution is 5.73. The van der Waals surface area contributed by atoms with Crippen LogP contribution < -0.4 is 9.80 Å². The van der Waals surface area contributed by atoms with Crippen LogP contribution in [0.5, 0.6) is 0 Å². The van der Waals surface area contributed by atoms with Crippen LogP contribution in [0.2, 0.25) is 0 Å². The predicted molar refractivity (Wildman–Crippen MR) is 63.8 cm³/mol. The summed E-state index contributed by atoms with van der Waals surface area (Å²) in [6, 6.07) is 4.95. The molecule has 0 radical (unpaired) electrons. The molecule has 1 aromatic rings. The normalized spacial score (nSPS) is 15.2. The predicted octanol–water partition coefficient (Wildman–Crippen LogP) is 1.73. The van der Waals surface area contributed by atoms with Gasteiger partial charge in [0.2, 0.25) is 0 Å². The van der Waals surface area contributed by atoms with Crippen LogP contribution in [0.25, 0.3) is 0 Å². The van der Waals surface area contributed by atoms with Crippen LogP contribution in [0, 0.1) is 5.82 Å². The molecule has 0 saturated heterocycles. The molecule has 0 saturated carbocycles. The van der Waals surface area contributed by atoms with Crippen LogP contribution >= 0.6 is 0 Å². The van der Waals surface area contributed by atoms with Crippen molar-refractivity contribution in [2.45, 2.75) is 0 Å². The number of nitrogens with zero attached hydrogens (tertiary/aromatic N) is 2. The molecule has 1 aromatic carbocycles. The molecule has 0 atom stereocenters. The van der Waals surface area contributed by atoms with E-state index in [0.717, 1.165) is 31.0 Å². The molecule has 2 rings (SSSR count). The third kappa shape index (κ3) is 2.11.